The fourth-order valence-corrected chi connectivity index (χ4v) is 1.99. The molecule has 2 amide bonds. The van der Waals surface area contributed by atoms with E-state index in [0.717, 1.165) is 5.39 Å². The van der Waals surface area contributed by atoms with Crippen molar-refractivity contribution in [2.45, 2.75) is 6.92 Å². The number of anilines is 1. The van der Waals surface area contributed by atoms with Gasteiger partial charge in [-0.05, 0) is 12.1 Å². The Bertz CT molecular complexity index is 667. The zero-order chi connectivity index (χ0) is 15.4. The third-order valence-corrected chi connectivity index (χ3v) is 3.19. The number of rotatable bonds is 4. The smallest absolute Gasteiger partial charge is 0.321 e. The summed E-state index contributed by atoms with van der Waals surface area (Å²) in [4.78, 5) is 28.5. The number of nitrogens with one attached hydrogen (secondary N) is 1. The average Bonchev–Trinajstić information content (AvgIpc) is 2.47. The SMILES string of the molecule is CC(CN(C)C(=O)Nc1cccc2cccnc12)C(=O)O. The summed E-state index contributed by atoms with van der Waals surface area (Å²) in [7, 11) is 1.56. The third kappa shape index (κ3) is 3.47. The lowest BCUT2D eigenvalue weighted by Crippen LogP contribution is -2.36. The van der Waals surface area contributed by atoms with Gasteiger partial charge in [0.15, 0.2) is 0 Å². The van der Waals surface area contributed by atoms with Crippen LogP contribution < -0.4 is 5.32 Å². The van der Waals surface area contributed by atoms with Crippen LogP contribution in [0.4, 0.5) is 10.5 Å². The van der Waals surface area contributed by atoms with Crippen molar-refractivity contribution in [3.63, 3.8) is 0 Å². The summed E-state index contributed by atoms with van der Waals surface area (Å²) in [6, 6.07) is 8.89. The second-order valence-corrected chi connectivity index (χ2v) is 4.93. The Kier molecular flexibility index (Phi) is 4.37. The maximum Gasteiger partial charge on any atom is 0.321 e. The molecule has 6 heteroatoms. The number of para-hydroxylation sites is 1. The van der Waals surface area contributed by atoms with E-state index in [0.29, 0.717) is 11.2 Å². The average molecular weight is 287 g/mol. The summed E-state index contributed by atoms with van der Waals surface area (Å²) in [5.74, 6) is -1.55. The number of nitrogens with zero attached hydrogens (tertiary/aromatic N) is 2. The van der Waals surface area contributed by atoms with Crippen LogP contribution in [-0.4, -0.2) is 40.6 Å². The highest BCUT2D eigenvalue weighted by molar-refractivity contribution is 5.99. The van der Waals surface area contributed by atoms with Crippen molar-refractivity contribution in [2.24, 2.45) is 5.92 Å². The van der Waals surface area contributed by atoms with E-state index >= 15 is 0 Å². The van der Waals surface area contributed by atoms with Crippen molar-refractivity contribution in [1.29, 1.82) is 0 Å². The van der Waals surface area contributed by atoms with Gasteiger partial charge in [-0.25, -0.2) is 4.79 Å². The van der Waals surface area contributed by atoms with Gasteiger partial charge < -0.3 is 15.3 Å². The minimum atomic E-state index is -0.929. The van der Waals surface area contributed by atoms with Gasteiger partial charge in [0.25, 0.3) is 0 Å². The largest absolute Gasteiger partial charge is 0.481 e. The first-order chi connectivity index (χ1) is 9.99. The first kappa shape index (κ1) is 14.8. The number of carbonyl (C=O) groups excluding carboxylic acids is 1. The molecule has 0 aliphatic carbocycles. The zero-order valence-electron chi connectivity index (χ0n) is 11.9. The Morgan fingerprint density at radius 2 is 2.05 bits per heavy atom. The molecule has 0 fully saturated rings. The van der Waals surface area contributed by atoms with Gasteiger partial charge in [0.05, 0.1) is 17.1 Å². The van der Waals surface area contributed by atoms with Crippen LogP contribution in [0.1, 0.15) is 6.92 Å². The van der Waals surface area contributed by atoms with Crippen LogP contribution in [-0.2, 0) is 4.79 Å². The molecule has 1 unspecified atom stereocenters. The van der Waals surface area contributed by atoms with E-state index in [4.69, 9.17) is 5.11 Å². The molecule has 1 aromatic heterocycles. The molecule has 0 bridgehead atoms. The second kappa shape index (κ2) is 6.21. The van der Waals surface area contributed by atoms with E-state index in [1.165, 1.54) is 4.90 Å². The molecule has 1 atom stereocenters. The maximum absolute atomic E-state index is 12.1. The molecule has 0 aliphatic rings. The number of hydrogen-bond acceptors (Lipinski definition) is 3. The number of carboxylic acid groups (broad SMARTS) is 1. The van der Waals surface area contributed by atoms with Gasteiger partial charge >= 0.3 is 12.0 Å². The number of amides is 2. The number of carbonyl (C=O) groups is 2. The molecular weight excluding hydrogens is 270 g/mol. The normalized spacial score (nSPS) is 11.9. The van der Waals surface area contributed by atoms with Gasteiger partial charge in [0.1, 0.15) is 0 Å². The lowest BCUT2D eigenvalue weighted by atomic mass is 10.2. The first-order valence-corrected chi connectivity index (χ1v) is 6.57. The Morgan fingerprint density at radius 3 is 2.76 bits per heavy atom. The molecule has 2 N–H and O–H groups in total. The van der Waals surface area contributed by atoms with Crippen molar-refractivity contribution in [1.82, 2.24) is 9.88 Å². The summed E-state index contributed by atoms with van der Waals surface area (Å²) >= 11 is 0. The highest BCUT2D eigenvalue weighted by atomic mass is 16.4. The summed E-state index contributed by atoms with van der Waals surface area (Å²) in [6.07, 6.45) is 1.66. The van der Waals surface area contributed by atoms with Crippen molar-refractivity contribution in [3.8, 4) is 0 Å². The monoisotopic (exact) mass is 287 g/mol. The van der Waals surface area contributed by atoms with Crippen LogP contribution in [0.3, 0.4) is 0 Å². The Hall–Kier alpha value is -2.63. The van der Waals surface area contributed by atoms with Crippen molar-refractivity contribution >= 4 is 28.6 Å². The van der Waals surface area contributed by atoms with Gasteiger partial charge in [0, 0.05) is 25.2 Å². The minimum Gasteiger partial charge on any atom is -0.481 e. The fraction of sp³-hybridized carbons (Fsp3) is 0.267. The molecule has 6 nitrogen and oxygen atoms in total. The Morgan fingerprint density at radius 1 is 1.33 bits per heavy atom. The van der Waals surface area contributed by atoms with Gasteiger partial charge in [0.2, 0.25) is 0 Å². The van der Waals surface area contributed by atoms with Crippen molar-refractivity contribution < 1.29 is 14.7 Å². The van der Waals surface area contributed by atoms with E-state index in [9.17, 15) is 9.59 Å². The third-order valence-electron chi connectivity index (χ3n) is 3.19. The Balaban J connectivity index is 2.13. The molecule has 0 spiro atoms. The molecule has 2 rings (SSSR count). The van der Waals surface area contributed by atoms with Crippen LogP contribution in [0.5, 0.6) is 0 Å². The molecule has 21 heavy (non-hydrogen) atoms. The number of carboxylic acids is 1. The number of fused-ring (bicyclic) bond motifs is 1. The molecule has 0 saturated heterocycles. The second-order valence-electron chi connectivity index (χ2n) is 4.93. The molecule has 2 aromatic rings. The molecule has 0 saturated carbocycles. The topological polar surface area (TPSA) is 82.5 Å². The maximum atomic E-state index is 12.1. The first-order valence-electron chi connectivity index (χ1n) is 6.57. The minimum absolute atomic E-state index is 0.138. The number of benzene rings is 1. The van der Waals surface area contributed by atoms with Gasteiger partial charge in [-0.1, -0.05) is 25.1 Å². The summed E-state index contributed by atoms with van der Waals surface area (Å²) in [5.41, 5.74) is 1.31. The number of urea groups is 1. The number of aromatic nitrogens is 1. The number of hydrogen-bond donors (Lipinski definition) is 2. The van der Waals surface area contributed by atoms with E-state index < -0.39 is 11.9 Å². The van der Waals surface area contributed by atoms with Crippen molar-refractivity contribution in [2.75, 3.05) is 18.9 Å². The molecule has 110 valence electrons. The Labute approximate surface area is 122 Å². The molecule has 0 radical (unpaired) electrons. The summed E-state index contributed by atoms with van der Waals surface area (Å²) in [6.45, 7) is 1.70. The lowest BCUT2D eigenvalue weighted by molar-refractivity contribution is -0.141. The quantitative estimate of drug-likeness (QED) is 0.904. The fourth-order valence-electron chi connectivity index (χ4n) is 1.99. The van der Waals surface area contributed by atoms with Gasteiger partial charge in [-0.3, -0.25) is 9.78 Å². The number of pyridine rings is 1. The lowest BCUT2D eigenvalue weighted by Gasteiger charge is -2.20. The van der Waals surface area contributed by atoms with E-state index in [2.05, 4.69) is 10.3 Å². The van der Waals surface area contributed by atoms with Crippen LogP contribution in [0.15, 0.2) is 36.5 Å². The summed E-state index contributed by atoms with van der Waals surface area (Å²) < 4.78 is 0. The summed E-state index contributed by atoms with van der Waals surface area (Å²) in [5, 5.41) is 12.6. The number of aliphatic carboxylic acids is 1. The molecule has 1 heterocycles. The van der Waals surface area contributed by atoms with Crippen LogP contribution in [0, 0.1) is 5.92 Å². The molecule has 0 aliphatic heterocycles. The molecule has 1 aromatic carbocycles. The standard InChI is InChI=1S/C15H17N3O3/c1-10(14(19)20)9-18(2)15(21)17-12-7-3-5-11-6-4-8-16-13(11)12/h3-8,10H,9H2,1-2H3,(H,17,21)(H,19,20). The van der Waals surface area contributed by atoms with E-state index in [1.54, 1.807) is 26.2 Å². The van der Waals surface area contributed by atoms with Crippen LogP contribution in [0.2, 0.25) is 0 Å². The predicted octanol–water partition coefficient (Wildman–Crippen LogP) is 2.42. The van der Waals surface area contributed by atoms with Gasteiger partial charge in [-0.15, -0.1) is 0 Å². The highest BCUT2D eigenvalue weighted by Gasteiger charge is 2.17. The van der Waals surface area contributed by atoms with Crippen molar-refractivity contribution in [3.05, 3.63) is 36.5 Å². The van der Waals surface area contributed by atoms with Crippen LogP contribution in [0.25, 0.3) is 10.9 Å². The van der Waals surface area contributed by atoms with Gasteiger partial charge in [-0.2, -0.15) is 0 Å². The predicted molar refractivity (Wildman–Crippen MR) is 80.2 cm³/mol. The van der Waals surface area contributed by atoms with E-state index in [-0.39, 0.29) is 12.6 Å². The zero-order valence-corrected chi connectivity index (χ0v) is 11.9. The highest BCUT2D eigenvalue weighted by Crippen LogP contribution is 2.20. The van der Waals surface area contributed by atoms with Crippen LogP contribution >= 0.6 is 0 Å². The van der Waals surface area contributed by atoms with E-state index in [1.807, 2.05) is 24.3 Å². The molecular formula is C15H17N3O3.